The van der Waals surface area contributed by atoms with Crippen molar-refractivity contribution in [1.29, 1.82) is 0 Å². The second-order valence-electron chi connectivity index (χ2n) is 33.8. The molecule has 0 bridgehead atoms. The molecule has 1 aliphatic heterocycles. The summed E-state index contributed by atoms with van der Waals surface area (Å²) < 4.78 is 10.7. The molecule has 0 spiro atoms. The lowest BCUT2D eigenvalue weighted by atomic mass is 9.96. The number of imidazole rings is 7. The van der Waals surface area contributed by atoms with Gasteiger partial charge in [0.25, 0.3) is 0 Å². The van der Waals surface area contributed by atoms with Gasteiger partial charge in [0.15, 0.2) is 34.1 Å². The van der Waals surface area contributed by atoms with Gasteiger partial charge >= 0.3 is 0 Å². The molecule has 0 atom stereocenters. The third-order valence-electron chi connectivity index (χ3n) is 17.1. The van der Waals surface area contributed by atoms with Gasteiger partial charge in [0.2, 0.25) is 6.79 Å². The molecule has 17 rings (SSSR count). The van der Waals surface area contributed by atoms with Crippen LogP contribution in [0.3, 0.4) is 0 Å². The molecule has 0 unspecified atom stereocenters. The summed E-state index contributed by atoms with van der Waals surface area (Å²) in [6.07, 6.45) is 6.85. The highest BCUT2D eigenvalue weighted by Crippen LogP contribution is 2.37. The molecular formula is C83H101N19O2. The Balaban J connectivity index is 0.000000122. The highest BCUT2D eigenvalue weighted by atomic mass is 16.7. The molecule has 0 fully saturated rings. The van der Waals surface area contributed by atoms with E-state index in [0.717, 1.165) is 141 Å². The maximum Gasteiger partial charge on any atom is 0.231 e. The zero-order valence-corrected chi connectivity index (χ0v) is 64.7. The van der Waals surface area contributed by atoms with Crippen molar-refractivity contribution in [3.05, 3.63) is 192 Å². The number of nitrogens with zero attached hydrogens (tertiary/aromatic N) is 12. The fourth-order valence-electron chi connectivity index (χ4n) is 10.9. The van der Waals surface area contributed by atoms with Crippen LogP contribution in [0.2, 0.25) is 0 Å². The first-order valence-electron chi connectivity index (χ1n) is 35.4. The Morgan fingerprint density at radius 3 is 1.32 bits per heavy atom. The lowest BCUT2D eigenvalue weighted by Crippen LogP contribution is -2.13. The first-order chi connectivity index (χ1) is 48.7. The molecule has 7 N–H and O–H groups in total. The predicted molar refractivity (Wildman–Crippen MR) is 423 cm³/mol. The van der Waals surface area contributed by atoms with Crippen LogP contribution >= 0.6 is 0 Å². The number of aromatic amines is 7. The summed E-state index contributed by atoms with van der Waals surface area (Å²) in [4.78, 5) is 75.7. The van der Waals surface area contributed by atoms with Crippen LogP contribution in [0.1, 0.15) is 197 Å². The Hall–Kier alpha value is -11.0. The van der Waals surface area contributed by atoms with E-state index in [9.17, 15) is 0 Å². The van der Waals surface area contributed by atoms with Gasteiger partial charge < -0.3 is 44.4 Å². The van der Waals surface area contributed by atoms with Crippen LogP contribution in [0.5, 0.6) is 11.5 Å². The number of aryl methyl sites for hydroxylation is 2. The van der Waals surface area contributed by atoms with E-state index in [4.69, 9.17) is 14.5 Å². The number of pyridine rings is 3. The highest BCUT2D eigenvalue weighted by Gasteiger charge is 2.25. The Morgan fingerprint density at radius 2 is 0.750 bits per heavy atom. The molecule has 12 heterocycles. The molecule has 21 nitrogen and oxygen atoms in total. The molecule has 104 heavy (non-hydrogen) atoms. The number of aromatic nitrogens is 19. The summed E-state index contributed by atoms with van der Waals surface area (Å²) >= 11 is 0. The Morgan fingerprint density at radius 1 is 0.317 bits per heavy atom. The van der Waals surface area contributed by atoms with Gasteiger partial charge in [0, 0.05) is 73.5 Å². The molecule has 11 aromatic heterocycles. The molecule has 0 saturated heterocycles. The lowest BCUT2D eigenvalue weighted by Gasteiger charge is -2.13. The molecule has 0 aliphatic carbocycles. The second-order valence-corrected chi connectivity index (χ2v) is 33.8. The van der Waals surface area contributed by atoms with Crippen molar-refractivity contribution in [1.82, 2.24) is 94.7 Å². The van der Waals surface area contributed by atoms with Gasteiger partial charge in [0.1, 0.15) is 52.6 Å². The zero-order chi connectivity index (χ0) is 75.1. The summed E-state index contributed by atoms with van der Waals surface area (Å²) in [7, 11) is 0. The topological polar surface area (TPSA) is 284 Å². The SMILES string of the molecule is CC(C)(C)c1nc2c(ccc3ccccc32)[nH]1.CC(C)(C)c1nc2cc3c(cc2[nH]1)OCO3.CC(C)(C)c1nc2cc3ccccc3cc2[nH]1.CC(C)(C)c1nc2ncccc2[nH]1.CC(C)(C)c1nc2ncncc2[nH]1.Cc1ccc2[nH]c(C(C)(C)C)nc2n1.Cc1cnc2nc(C(C)(C)C)[nH]c2c1. The standard InChI is InChI=1S/2C15H16N2.C12H14N2O2.2C11H15N3.C10H13N3.C9H12N4/c1-15(2,3)14-16-12-8-10-6-4-5-7-11(10)9-13(12)17-14;1-15(2,3)14-16-12-9-8-10-6-4-5-7-11(10)13(12)17-14;1-12(2,3)11-13-7-4-9-10(16-6-15-9)5-8(7)14-11;1-7-5-8-9(12-6-7)14-10(13-8)11(2,3)4;1-7-5-6-8-9(12-7)14-10(13-8)11(2,3)4;1-10(2,3)9-12-7-5-4-6-11-8(7)13-9;1-9(2,3)8-12-6-4-10-5-11-7(6)13-8/h2*4-9H,1-3H3,(H,16,17);4-5H,6H2,1-3H3,(H,13,14);2*5-6H,1-4H3,(H,12,13,14);4-6H,1-3H3,(H,11,12,13);4-5H,1-3H3,(H,10,11,12,13). The van der Waals surface area contributed by atoms with E-state index in [2.05, 4.69) is 314 Å². The number of fused-ring (bicyclic) bond motifs is 11. The second kappa shape index (κ2) is 28.7. The Bertz CT molecular complexity index is 5310. The number of hydrogen-bond donors (Lipinski definition) is 7. The molecule has 0 radical (unpaired) electrons. The molecule has 21 heteroatoms. The van der Waals surface area contributed by atoms with Crippen LogP contribution in [0.15, 0.2) is 140 Å². The maximum absolute atomic E-state index is 5.33. The molecule has 16 aromatic rings. The third-order valence-corrected chi connectivity index (χ3v) is 17.1. The predicted octanol–water partition coefficient (Wildman–Crippen LogP) is 19.6. The Labute approximate surface area is 608 Å². The Kier molecular flexibility index (Phi) is 20.5. The zero-order valence-electron chi connectivity index (χ0n) is 64.7. The van der Waals surface area contributed by atoms with E-state index < -0.39 is 0 Å². The van der Waals surface area contributed by atoms with Crippen molar-refractivity contribution in [2.24, 2.45) is 0 Å². The van der Waals surface area contributed by atoms with E-state index in [1.807, 2.05) is 56.4 Å². The number of nitrogens with one attached hydrogen (secondary N) is 7. The molecule has 540 valence electrons. The fraction of sp³-hybridized carbons (Fsp3) is 0.373. The van der Waals surface area contributed by atoms with E-state index in [-0.39, 0.29) is 37.9 Å². The highest BCUT2D eigenvalue weighted by molar-refractivity contribution is 6.04. The van der Waals surface area contributed by atoms with Crippen molar-refractivity contribution in [3.8, 4) is 11.5 Å². The minimum Gasteiger partial charge on any atom is -0.454 e. The van der Waals surface area contributed by atoms with Crippen LogP contribution in [0.4, 0.5) is 0 Å². The average molecular weight is 1400 g/mol. The third kappa shape index (κ3) is 17.7. The number of benzene rings is 5. The van der Waals surface area contributed by atoms with Gasteiger partial charge in [-0.25, -0.2) is 59.8 Å². The first kappa shape index (κ1) is 74.2. The largest absolute Gasteiger partial charge is 0.454 e. The van der Waals surface area contributed by atoms with Crippen molar-refractivity contribution >= 4 is 99.3 Å². The minimum atomic E-state index is 0.0190. The maximum atomic E-state index is 5.33. The summed E-state index contributed by atoms with van der Waals surface area (Å²) in [5.41, 5.74) is 15.9. The smallest absolute Gasteiger partial charge is 0.231 e. The molecule has 5 aromatic carbocycles. The van der Waals surface area contributed by atoms with Gasteiger partial charge in [-0.2, -0.15) is 0 Å². The van der Waals surface area contributed by atoms with Crippen LogP contribution in [0.25, 0.3) is 99.3 Å². The summed E-state index contributed by atoms with van der Waals surface area (Å²) in [6.45, 7) is 49.3. The summed E-state index contributed by atoms with van der Waals surface area (Å²) in [5, 5.41) is 4.96. The van der Waals surface area contributed by atoms with Gasteiger partial charge in [-0.3, -0.25) is 0 Å². The number of hydrogen-bond acceptors (Lipinski definition) is 14. The first-order valence-corrected chi connectivity index (χ1v) is 35.4. The van der Waals surface area contributed by atoms with Gasteiger partial charge in [-0.1, -0.05) is 200 Å². The van der Waals surface area contributed by atoms with Crippen molar-refractivity contribution in [2.75, 3.05) is 6.79 Å². The lowest BCUT2D eigenvalue weighted by molar-refractivity contribution is 0.174. The van der Waals surface area contributed by atoms with Gasteiger partial charge in [0.05, 0.1) is 55.8 Å². The molecule has 1 aliphatic rings. The van der Waals surface area contributed by atoms with Crippen molar-refractivity contribution < 1.29 is 9.47 Å². The van der Waals surface area contributed by atoms with Crippen LogP contribution < -0.4 is 9.47 Å². The fourth-order valence-corrected chi connectivity index (χ4v) is 10.9. The normalized spacial score (nSPS) is 12.7. The number of ether oxygens (including phenoxy) is 2. The summed E-state index contributed by atoms with van der Waals surface area (Å²) in [6, 6.07) is 39.2. The van der Waals surface area contributed by atoms with E-state index >= 15 is 0 Å². The van der Waals surface area contributed by atoms with Crippen molar-refractivity contribution in [2.45, 2.75) is 197 Å². The minimum absolute atomic E-state index is 0.0190. The molecular weight excluding hydrogens is 1300 g/mol. The van der Waals surface area contributed by atoms with Crippen LogP contribution in [-0.4, -0.2) is 101 Å². The number of rotatable bonds is 0. The van der Waals surface area contributed by atoms with E-state index in [1.165, 1.54) is 27.9 Å². The van der Waals surface area contributed by atoms with Crippen LogP contribution in [-0.2, 0) is 37.9 Å². The van der Waals surface area contributed by atoms with E-state index in [1.54, 1.807) is 12.4 Å². The molecule has 0 saturated carbocycles. The monoisotopic (exact) mass is 1400 g/mol. The van der Waals surface area contributed by atoms with Crippen LogP contribution in [0, 0.1) is 13.8 Å². The average Bonchev–Trinajstić information content (AvgIpc) is 1.67. The van der Waals surface area contributed by atoms with Gasteiger partial charge in [-0.15, -0.1) is 0 Å². The van der Waals surface area contributed by atoms with Gasteiger partial charge in [-0.05, 0) is 84.1 Å². The van der Waals surface area contributed by atoms with Crippen molar-refractivity contribution in [3.63, 3.8) is 0 Å². The number of H-pyrrole nitrogens is 7. The summed E-state index contributed by atoms with van der Waals surface area (Å²) in [5.74, 6) is 8.55. The quantitative estimate of drug-likeness (QED) is 0.0743. The van der Waals surface area contributed by atoms with E-state index in [0.29, 0.717) is 6.79 Å². The molecule has 0 amide bonds.